The Morgan fingerprint density at radius 3 is 0.818 bits per heavy atom. The second kappa shape index (κ2) is 22.2. The maximum absolute atomic E-state index is 9.75. The molecule has 1 aliphatic rings. The Balaban J connectivity index is 0.000000402. The molecule has 1 aliphatic carbocycles. The second-order valence-electron chi connectivity index (χ2n) is 9.94. The maximum atomic E-state index is 9.75. The fraction of sp³-hybridized carbons (Fsp3) is 0.222. The van der Waals surface area contributed by atoms with Gasteiger partial charge in [-0.15, -0.1) is 0 Å². The maximum Gasteiger partial charge on any atom is 1.00 e. The largest absolute Gasteiger partial charge is 1.00 e. The number of allylic oxidation sites excluding steroid dienone is 4. The van der Waals surface area contributed by atoms with Gasteiger partial charge in [0.15, 0.2) is 0 Å². The molecule has 0 unspecified atom stereocenters. The predicted octanol–water partition coefficient (Wildman–Crippen LogP) is 10.0. The van der Waals surface area contributed by atoms with Crippen molar-refractivity contribution in [1.29, 1.82) is 0 Å². The molecule has 0 bridgehead atoms. The summed E-state index contributed by atoms with van der Waals surface area (Å²) in [6, 6.07) is 44.3. The van der Waals surface area contributed by atoms with Crippen LogP contribution < -0.4 is 21.2 Å². The number of benzene rings is 4. The molecule has 4 aromatic carbocycles. The third kappa shape index (κ3) is 16.1. The van der Waals surface area contributed by atoms with Crippen molar-refractivity contribution in [3.8, 4) is 0 Å². The van der Waals surface area contributed by atoms with E-state index in [0.29, 0.717) is 0 Å². The first-order chi connectivity index (χ1) is 20.9. The van der Waals surface area contributed by atoms with Gasteiger partial charge in [0.1, 0.15) is 0 Å². The zero-order valence-electron chi connectivity index (χ0n) is 24.8. The molecule has 0 aromatic heterocycles. The summed E-state index contributed by atoms with van der Waals surface area (Å²) >= 11 is 0. The fourth-order valence-corrected chi connectivity index (χ4v) is 9.48. The molecule has 234 valence electrons. The van der Waals surface area contributed by atoms with Crippen LogP contribution in [0.15, 0.2) is 146 Å². The molecule has 0 N–H and O–H groups in total. The van der Waals surface area contributed by atoms with Crippen LogP contribution in [0.4, 0.5) is 17.3 Å². The van der Waals surface area contributed by atoms with Gasteiger partial charge in [0.2, 0.25) is 0 Å². The van der Waals surface area contributed by atoms with Crippen LogP contribution in [0, 0.1) is 0 Å². The smallest absolute Gasteiger partial charge is 0.418 e. The van der Waals surface area contributed by atoms with Gasteiger partial charge in [-0.25, -0.2) is 0 Å². The average molecular weight is 724 g/mol. The van der Waals surface area contributed by atoms with E-state index in [1.54, 1.807) is 0 Å². The number of unbranched alkanes of at least 4 members (excludes halogenated alkanes) is 1. The van der Waals surface area contributed by atoms with Crippen LogP contribution in [0.3, 0.4) is 0 Å². The summed E-state index contributed by atoms with van der Waals surface area (Å²) in [6.45, 7) is 0. The number of halogens is 4. The van der Waals surface area contributed by atoms with E-state index in [1.165, 1.54) is 72.1 Å². The summed E-state index contributed by atoms with van der Waals surface area (Å²) in [4.78, 5) is 0. The normalized spacial score (nSPS) is 14.0. The number of hydrogen-bond donors (Lipinski definition) is 0. The Morgan fingerprint density at radius 1 is 0.409 bits per heavy atom. The molecule has 0 atom stereocenters. The van der Waals surface area contributed by atoms with E-state index in [2.05, 4.69) is 146 Å². The van der Waals surface area contributed by atoms with Gasteiger partial charge in [0.05, 0.1) is 0 Å². The minimum atomic E-state index is -6.00. The second-order valence-corrected chi connectivity index (χ2v) is 14.6. The molecular formula is C36H40BF4P2Rh. The molecule has 0 saturated heterocycles. The molecule has 0 radical (unpaired) electrons. The quantitative estimate of drug-likeness (QED) is 0.0531. The van der Waals surface area contributed by atoms with Crippen LogP contribution >= 0.6 is 15.8 Å². The third-order valence-corrected chi connectivity index (χ3v) is 11.8. The van der Waals surface area contributed by atoms with Gasteiger partial charge in [-0.3, -0.25) is 0 Å². The number of hydrogen-bond acceptors (Lipinski definition) is 0. The van der Waals surface area contributed by atoms with E-state index in [-0.39, 0.29) is 35.3 Å². The van der Waals surface area contributed by atoms with E-state index in [4.69, 9.17) is 0 Å². The van der Waals surface area contributed by atoms with Crippen molar-refractivity contribution in [3.63, 3.8) is 0 Å². The van der Waals surface area contributed by atoms with E-state index in [1.807, 2.05) is 0 Å². The average Bonchev–Trinajstić information content (AvgIpc) is 3.00. The van der Waals surface area contributed by atoms with Crippen LogP contribution in [0.5, 0.6) is 0 Å². The van der Waals surface area contributed by atoms with Gasteiger partial charge in [-0.1, -0.05) is 146 Å². The third-order valence-electron chi connectivity index (χ3n) is 6.62. The molecule has 0 fully saturated rings. The van der Waals surface area contributed by atoms with Crippen molar-refractivity contribution in [2.75, 3.05) is 12.3 Å². The molecule has 44 heavy (non-hydrogen) atoms. The molecule has 0 spiro atoms. The van der Waals surface area contributed by atoms with E-state index in [0.717, 1.165) is 0 Å². The molecule has 0 saturated carbocycles. The zero-order chi connectivity index (χ0) is 30.6. The zero-order valence-corrected chi connectivity index (χ0v) is 28.3. The first kappa shape index (κ1) is 37.8. The Morgan fingerprint density at radius 2 is 0.614 bits per heavy atom. The summed E-state index contributed by atoms with van der Waals surface area (Å²) in [5.74, 6) is 0. The minimum Gasteiger partial charge on any atom is -0.418 e. The van der Waals surface area contributed by atoms with Crippen molar-refractivity contribution < 1.29 is 36.7 Å². The molecule has 4 aromatic rings. The Bertz CT molecular complexity index is 1130. The molecule has 0 amide bonds. The van der Waals surface area contributed by atoms with E-state index < -0.39 is 7.25 Å². The summed E-state index contributed by atoms with van der Waals surface area (Å²) in [5.41, 5.74) is 0. The van der Waals surface area contributed by atoms with Gasteiger partial charge >= 0.3 is 26.7 Å². The molecule has 0 nitrogen and oxygen atoms in total. The van der Waals surface area contributed by atoms with Gasteiger partial charge in [-0.05, 0) is 87.9 Å². The van der Waals surface area contributed by atoms with Crippen molar-refractivity contribution in [1.82, 2.24) is 0 Å². The van der Waals surface area contributed by atoms with E-state index >= 15 is 0 Å². The monoisotopic (exact) mass is 724 g/mol. The topological polar surface area (TPSA) is 0 Å². The number of rotatable bonds is 9. The van der Waals surface area contributed by atoms with Crippen LogP contribution in [0.25, 0.3) is 0 Å². The van der Waals surface area contributed by atoms with Crippen molar-refractivity contribution in [2.45, 2.75) is 38.5 Å². The SMILES string of the molecule is C1=C\CC/C=C\CC/1.F[B-](F)(F)F.[Rh+].c1ccc(P(CCCCP(c2ccccc2)c2ccccc2)c2ccccc2)cc1. The van der Waals surface area contributed by atoms with Crippen LogP contribution in [-0.4, -0.2) is 19.6 Å². The first-order valence-corrected chi connectivity index (χ1v) is 17.9. The van der Waals surface area contributed by atoms with Gasteiger partial charge in [-0.2, -0.15) is 0 Å². The van der Waals surface area contributed by atoms with Gasteiger partial charge in [0, 0.05) is 0 Å². The summed E-state index contributed by atoms with van der Waals surface area (Å²) in [5, 5.41) is 5.97. The Labute approximate surface area is 276 Å². The van der Waals surface area contributed by atoms with Crippen LogP contribution in [0.1, 0.15) is 38.5 Å². The van der Waals surface area contributed by atoms with Crippen molar-refractivity contribution in [3.05, 3.63) is 146 Å². The van der Waals surface area contributed by atoms with E-state index in [9.17, 15) is 17.3 Å². The molecule has 0 heterocycles. The standard InChI is InChI=1S/C28H28P2.C8H12.BF4.Rh/c1-5-15-25(16-6-1)29(26-17-7-2-8-18-26)23-13-14-24-30(27-19-9-3-10-20-27)28-21-11-4-12-22-28;1-2-4-6-8-7-5-3-1;2-1(3,4)5;/h1-12,15-22H,13-14,23-24H2;1-2,7-8H,3-6H2;;/q;;-1;+1/b;2-1-,8-7-;;. The van der Waals surface area contributed by atoms with Crippen molar-refractivity contribution in [2.24, 2.45) is 0 Å². The molecule has 5 rings (SSSR count). The minimum absolute atomic E-state index is 0. The Kier molecular flexibility index (Phi) is 19.1. The van der Waals surface area contributed by atoms with Crippen molar-refractivity contribution >= 4 is 44.3 Å². The van der Waals surface area contributed by atoms with Gasteiger partial charge in [0.25, 0.3) is 0 Å². The fourth-order valence-electron chi connectivity index (χ4n) is 4.64. The summed E-state index contributed by atoms with van der Waals surface area (Å²) < 4.78 is 39.0. The first-order valence-electron chi connectivity index (χ1n) is 14.8. The van der Waals surface area contributed by atoms with Gasteiger partial charge < -0.3 is 17.3 Å². The summed E-state index contributed by atoms with van der Waals surface area (Å²) in [7, 11) is -6.57. The molecular weight excluding hydrogens is 684 g/mol. The van der Waals surface area contributed by atoms with Crippen LogP contribution in [0.2, 0.25) is 0 Å². The Hall–Kier alpha value is -2.37. The predicted molar refractivity (Wildman–Crippen MR) is 184 cm³/mol. The molecule has 8 heteroatoms. The molecule has 0 aliphatic heterocycles. The van der Waals surface area contributed by atoms with Crippen LogP contribution in [-0.2, 0) is 19.5 Å². The summed E-state index contributed by atoms with van der Waals surface area (Å²) in [6.07, 6.45) is 19.1.